The quantitative estimate of drug-likeness (QED) is 0.561. The predicted octanol–water partition coefficient (Wildman–Crippen LogP) is 4.19. The van der Waals surface area contributed by atoms with Gasteiger partial charge in [0.15, 0.2) is 0 Å². The van der Waals surface area contributed by atoms with Gasteiger partial charge in [-0.25, -0.2) is 9.78 Å². The maximum Gasteiger partial charge on any atom is 0.329 e. The summed E-state index contributed by atoms with van der Waals surface area (Å²) in [6, 6.07) is 13.9. The van der Waals surface area contributed by atoms with E-state index in [1.807, 2.05) is 45.0 Å². The molecule has 1 heterocycles. The van der Waals surface area contributed by atoms with Gasteiger partial charge in [0.25, 0.3) is 5.91 Å². The molecule has 1 amide bonds. The maximum atomic E-state index is 12.7. The summed E-state index contributed by atoms with van der Waals surface area (Å²) in [6.45, 7) is 6.09. The number of nitrogens with one attached hydrogen (secondary N) is 1. The fourth-order valence-corrected chi connectivity index (χ4v) is 3.74. The molecule has 6 nitrogen and oxygen atoms in total. The number of hydrogen-bond acceptors (Lipinski definition) is 6. The van der Waals surface area contributed by atoms with E-state index in [0.29, 0.717) is 17.9 Å². The Labute approximate surface area is 173 Å². The number of aromatic nitrogens is 1. The zero-order chi connectivity index (χ0) is 20.8. The molecular formula is C22H24N2O4S. The van der Waals surface area contributed by atoms with Crippen molar-refractivity contribution < 1.29 is 19.1 Å². The highest BCUT2D eigenvalue weighted by Gasteiger charge is 2.27. The third-order valence-corrected chi connectivity index (χ3v) is 5.32. The van der Waals surface area contributed by atoms with Gasteiger partial charge in [-0.3, -0.25) is 4.79 Å². The van der Waals surface area contributed by atoms with Crippen LogP contribution >= 0.6 is 11.3 Å². The molecule has 3 rings (SSSR count). The van der Waals surface area contributed by atoms with Crippen LogP contribution in [0.4, 0.5) is 0 Å². The van der Waals surface area contributed by atoms with Crippen LogP contribution in [0.2, 0.25) is 0 Å². The van der Waals surface area contributed by atoms with E-state index in [9.17, 15) is 9.59 Å². The molecule has 0 aliphatic rings. The first-order chi connectivity index (χ1) is 14.0. The van der Waals surface area contributed by atoms with Crippen molar-refractivity contribution in [3.8, 4) is 5.75 Å². The zero-order valence-electron chi connectivity index (χ0n) is 16.7. The molecule has 0 fully saturated rings. The van der Waals surface area contributed by atoms with Crippen LogP contribution < -0.4 is 10.1 Å². The number of esters is 1. The third kappa shape index (κ3) is 5.12. The summed E-state index contributed by atoms with van der Waals surface area (Å²) in [5, 5.41) is 3.50. The number of carbonyl (C=O) groups is 2. The summed E-state index contributed by atoms with van der Waals surface area (Å²) in [4.78, 5) is 29.9. The van der Waals surface area contributed by atoms with Crippen LogP contribution in [0, 0.1) is 5.92 Å². The van der Waals surface area contributed by atoms with Crippen LogP contribution in [-0.2, 0) is 16.1 Å². The van der Waals surface area contributed by atoms with Crippen LogP contribution in [0.5, 0.6) is 5.75 Å². The number of benzene rings is 2. The molecule has 0 aliphatic carbocycles. The lowest BCUT2D eigenvalue weighted by Gasteiger charge is -2.21. The summed E-state index contributed by atoms with van der Waals surface area (Å²) >= 11 is 1.49. The second kappa shape index (κ2) is 9.52. The highest BCUT2D eigenvalue weighted by Crippen LogP contribution is 2.22. The molecule has 0 radical (unpaired) electrons. The van der Waals surface area contributed by atoms with Crippen LogP contribution in [0.1, 0.15) is 36.1 Å². The van der Waals surface area contributed by atoms with Crippen molar-refractivity contribution in [1.82, 2.24) is 10.3 Å². The summed E-state index contributed by atoms with van der Waals surface area (Å²) in [6.07, 6.45) is 0. The van der Waals surface area contributed by atoms with Crippen LogP contribution in [0.3, 0.4) is 0 Å². The van der Waals surface area contributed by atoms with Crippen molar-refractivity contribution >= 4 is 33.4 Å². The first-order valence-corrected chi connectivity index (χ1v) is 10.3. The minimum atomic E-state index is -0.772. The molecule has 0 aliphatic heterocycles. The first-order valence-electron chi connectivity index (χ1n) is 9.53. The Bertz CT molecular complexity index is 966. The molecule has 2 aromatic carbocycles. The molecule has 3 aromatic rings. The first kappa shape index (κ1) is 20.8. The molecule has 1 N–H and O–H groups in total. The van der Waals surface area contributed by atoms with E-state index in [1.54, 1.807) is 24.3 Å². The van der Waals surface area contributed by atoms with Gasteiger partial charge in [0, 0.05) is 0 Å². The van der Waals surface area contributed by atoms with Crippen LogP contribution in [-0.4, -0.2) is 29.5 Å². The number of amides is 1. The van der Waals surface area contributed by atoms with Crippen LogP contribution in [0.15, 0.2) is 48.5 Å². The zero-order valence-corrected chi connectivity index (χ0v) is 17.5. The van der Waals surface area contributed by atoms with Gasteiger partial charge in [0.2, 0.25) is 0 Å². The van der Waals surface area contributed by atoms with Crippen molar-refractivity contribution in [1.29, 1.82) is 0 Å². The fourth-order valence-electron chi connectivity index (χ4n) is 2.86. The number of carbonyl (C=O) groups excluding carboxylic acids is 2. The molecule has 0 bridgehead atoms. The molecule has 0 saturated heterocycles. The van der Waals surface area contributed by atoms with Gasteiger partial charge in [-0.2, -0.15) is 0 Å². The highest BCUT2D eigenvalue weighted by molar-refractivity contribution is 7.18. The normalized spacial score (nSPS) is 12.0. The molecule has 0 saturated carbocycles. The Morgan fingerprint density at radius 3 is 2.55 bits per heavy atom. The lowest BCUT2D eigenvalue weighted by Crippen LogP contribution is -2.45. The molecule has 1 aromatic heterocycles. The highest BCUT2D eigenvalue weighted by atomic mass is 32.1. The standard InChI is InChI=1S/C22H24N2O4S/c1-4-27-17-11-7-5-9-15(17)21(25)24-20(14(2)3)22(26)28-13-19-23-16-10-6-8-12-18(16)29-19/h5-12,14,20H,4,13H2,1-3H3,(H,24,25). The van der Waals surface area contributed by atoms with Crippen molar-refractivity contribution in [2.24, 2.45) is 5.92 Å². The smallest absolute Gasteiger partial charge is 0.329 e. The fraction of sp³-hybridized carbons (Fsp3) is 0.318. The van der Waals surface area contributed by atoms with Gasteiger partial charge in [-0.1, -0.05) is 38.1 Å². The Balaban J connectivity index is 1.67. The Morgan fingerprint density at radius 2 is 1.83 bits per heavy atom. The third-order valence-electron chi connectivity index (χ3n) is 4.31. The van der Waals surface area contributed by atoms with Crippen molar-refractivity contribution in [2.45, 2.75) is 33.4 Å². The Morgan fingerprint density at radius 1 is 1.10 bits per heavy atom. The van der Waals surface area contributed by atoms with E-state index in [2.05, 4.69) is 10.3 Å². The second-order valence-corrected chi connectivity index (χ2v) is 7.92. The van der Waals surface area contributed by atoms with E-state index in [1.165, 1.54) is 11.3 Å². The van der Waals surface area contributed by atoms with E-state index >= 15 is 0 Å². The minimum Gasteiger partial charge on any atom is -0.493 e. The maximum absolute atomic E-state index is 12.7. The van der Waals surface area contributed by atoms with Gasteiger partial charge < -0.3 is 14.8 Å². The van der Waals surface area contributed by atoms with Gasteiger partial charge in [0.1, 0.15) is 23.4 Å². The van der Waals surface area contributed by atoms with Gasteiger partial charge in [-0.15, -0.1) is 11.3 Å². The Hall–Kier alpha value is -2.93. The Kier molecular flexibility index (Phi) is 6.82. The molecule has 1 unspecified atom stereocenters. The van der Waals surface area contributed by atoms with Crippen molar-refractivity contribution in [2.75, 3.05) is 6.61 Å². The lowest BCUT2D eigenvalue weighted by atomic mass is 10.0. The number of ether oxygens (including phenoxy) is 2. The van der Waals surface area contributed by atoms with E-state index in [0.717, 1.165) is 15.2 Å². The molecule has 29 heavy (non-hydrogen) atoms. The minimum absolute atomic E-state index is 0.0762. The van der Waals surface area contributed by atoms with Crippen molar-refractivity contribution in [3.05, 3.63) is 59.1 Å². The molecule has 7 heteroatoms. The van der Waals surface area contributed by atoms with E-state index < -0.39 is 12.0 Å². The summed E-state index contributed by atoms with van der Waals surface area (Å²) < 4.78 is 12.0. The number of rotatable bonds is 8. The SMILES string of the molecule is CCOc1ccccc1C(=O)NC(C(=O)OCc1nc2ccccc2s1)C(C)C. The van der Waals surface area contributed by atoms with Gasteiger partial charge in [-0.05, 0) is 37.1 Å². The summed E-state index contributed by atoms with van der Waals surface area (Å²) in [5.74, 6) is -0.509. The second-order valence-electron chi connectivity index (χ2n) is 6.81. The number of para-hydroxylation sites is 2. The molecule has 1 atom stereocenters. The topological polar surface area (TPSA) is 77.5 Å². The average Bonchev–Trinajstić information content (AvgIpc) is 3.13. The summed E-state index contributed by atoms with van der Waals surface area (Å²) in [5.41, 5.74) is 1.27. The summed E-state index contributed by atoms with van der Waals surface area (Å²) in [7, 11) is 0. The number of fused-ring (bicyclic) bond motifs is 1. The number of nitrogens with zero attached hydrogens (tertiary/aromatic N) is 1. The van der Waals surface area contributed by atoms with Gasteiger partial charge in [0.05, 0.1) is 22.4 Å². The number of thiazole rings is 1. The molecule has 0 spiro atoms. The largest absolute Gasteiger partial charge is 0.493 e. The molecular weight excluding hydrogens is 388 g/mol. The van der Waals surface area contributed by atoms with E-state index in [4.69, 9.17) is 9.47 Å². The lowest BCUT2D eigenvalue weighted by molar-refractivity contribution is -0.148. The van der Waals surface area contributed by atoms with Gasteiger partial charge >= 0.3 is 5.97 Å². The number of hydrogen-bond donors (Lipinski definition) is 1. The molecule has 152 valence electrons. The monoisotopic (exact) mass is 412 g/mol. The van der Waals surface area contributed by atoms with Crippen molar-refractivity contribution in [3.63, 3.8) is 0 Å². The predicted molar refractivity (Wildman–Crippen MR) is 113 cm³/mol. The van der Waals surface area contributed by atoms with Crippen LogP contribution in [0.25, 0.3) is 10.2 Å². The van der Waals surface area contributed by atoms with E-state index in [-0.39, 0.29) is 18.4 Å². The average molecular weight is 413 g/mol.